The van der Waals surface area contributed by atoms with Gasteiger partial charge in [-0.25, -0.2) is 33.6 Å². The van der Waals surface area contributed by atoms with Crippen LogP contribution in [0, 0.1) is 30.6 Å². The Morgan fingerprint density at radius 1 is 0.432 bits per heavy atom. The molecule has 9 aromatic rings. The number of hydrogen-bond acceptors (Lipinski definition) is 28. The van der Waals surface area contributed by atoms with Crippen molar-refractivity contribution in [1.29, 1.82) is 0 Å². The van der Waals surface area contributed by atoms with Gasteiger partial charge in [0.1, 0.15) is 95.2 Å². The maximum Gasteiger partial charge on any atom is 0.514 e. The summed E-state index contributed by atoms with van der Waals surface area (Å²) in [5.41, 5.74) is 11.7. The van der Waals surface area contributed by atoms with E-state index in [1.54, 1.807) is 109 Å². The zero-order valence-corrected chi connectivity index (χ0v) is 86.0. The van der Waals surface area contributed by atoms with Gasteiger partial charge in [-0.1, -0.05) is 162 Å². The number of nitrogens with two attached hydrogens (primary N) is 1. The van der Waals surface area contributed by atoms with Crippen molar-refractivity contribution in [3.05, 3.63) is 249 Å². The summed E-state index contributed by atoms with van der Waals surface area (Å²) < 4.78 is 43.2. The molecule has 3 heterocycles. The van der Waals surface area contributed by atoms with Gasteiger partial charge in [0.2, 0.25) is 23.6 Å². The number of amides is 6. The van der Waals surface area contributed by atoms with Crippen molar-refractivity contribution < 1.29 is 135 Å². The fourth-order valence-corrected chi connectivity index (χ4v) is 17.5. The third kappa shape index (κ3) is 31.1. The van der Waals surface area contributed by atoms with E-state index in [2.05, 4.69) is 22.9 Å². The Labute approximate surface area is 859 Å². The number of fused-ring (bicyclic) bond motifs is 15. The van der Waals surface area contributed by atoms with E-state index in [9.17, 15) is 97.5 Å². The van der Waals surface area contributed by atoms with E-state index in [1.807, 2.05) is 49.4 Å². The third-order valence-corrected chi connectivity index (χ3v) is 25.2. The number of nitrogens with one attached hydrogen (secondary N) is 3. The van der Waals surface area contributed by atoms with Crippen molar-refractivity contribution in [2.45, 2.75) is 220 Å². The Morgan fingerprint density at radius 2 is 0.797 bits per heavy atom. The van der Waals surface area contributed by atoms with Gasteiger partial charge >= 0.3 is 42.4 Å². The Kier molecular flexibility index (Phi) is 39.9. The number of ether oxygens (including phenoxy) is 8. The lowest BCUT2D eigenvalue weighted by Crippen LogP contribution is -2.46. The summed E-state index contributed by atoms with van der Waals surface area (Å²) in [4.78, 5) is 204. The van der Waals surface area contributed by atoms with Gasteiger partial charge in [-0.05, 0) is 203 Å². The fourth-order valence-electron chi connectivity index (χ4n) is 17.5. The SMILES string of the molecule is CCCCCCc1ccc(C(=O)C[C@@H](CCN)C(=O)N(C)[C@@H]2C(=O)C[C@@H](C)C(=O)N[C@H](C(=O)O)Cc3ccc(O)c(c3)-c3cc2ccc3O)c(C)c1.COC(=O)[C@@H]1Cc2ccc(O)c(c2)-c2cc(ccc2O)[C@H](N(C)C(=O)OCc2ccccc2)C(=O)C[C@@H](C)C(=O)N1.COC(=O)[C@@H]1Cc2ccc(OC(=O)OC(C)(C)C)c(c2)-c2cc(ccc2OC(=O)OC(C)(C)C)[C@H](N(C)C(=O)OCc2ccccc2)C(=O)C[C@@H](C)C(=O)N1. The average Bonchev–Trinajstić information content (AvgIpc) is 0.778. The van der Waals surface area contributed by atoms with Crippen molar-refractivity contribution in [2.75, 3.05) is 41.9 Å². The number of likely N-dealkylation sites (N-methyl/N-ethyl adjacent to an activating group) is 3. The van der Waals surface area contributed by atoms with Crippen LogP contribution in [0.4, 0.5) is 19.2 Å². The van der Waals surface area contributed by atoms with Crippen molar-refractivity contribution >= 4 is 89.2 Å². The number of rotatable bonds is 23. The Morgan fingerprint density at radius 3 is 1.20 bits per heavy atom. The van der Waals surface area contributed by atoms with Crippen LogP contribution in [0.15, 0.2) is 188 Å². The number of aryl methyl sites for hydroxylation is 2. The van der Waals surface area contributed by atoms with Crippen LogP contribution in [0.25, 0.3) is 33.4 Å². The van der Waals surface area contributed by atoms with E-state index >= 15 is 0 Å². The predicted molar refractivity (Wildman–Crippen MR) is 546 cm³/mol. The molecular formula is C113H131N7O28. The standard InChI is InChI=1S/C41H51N3O8.C41H48N2O12.C31H32N2O8/c1-5-6-7-8-9-26-10-13-30(24(2)18-26)36(47)23-29(16-17-42)40(50)44(4)38-28-12-15-35(46)32(22-28)31-20-27(11-14-34(31)45)21-33(41(51)52)43-39(49)25(3)19-37(38)48;1-24-19-31(44)34(43(8)37(47)51-23-25-13-11-10-12-14-25)27-16-18-33(53-39(49)55-41(5,6)7)29(22-27)28-20-26(21-30(36(46)50-9)42-35(24)45)15-17-32(28)52-38(48)54-40(2,3)4;1-18-13-27(36)28(33(2)31(39)41-17-19-7-5-4-6-8-19)21-10-12-26(35)23(16-21)22-14-20(9-11-25(22)34)15-24(30(38)40-3)32-29(18)37/h10-15,18,20,22,25,29,33,38,45-46H,5-9,16-17,19,21,23,42H2,1-4H3,(H,43,49)(H,51,52);10-18,20,22,24,30,34H,19,21,23H2,1-9H3,(H,42,45);4-12,14,16,18,24,28,34-35H,13,15,17H2,1-3H3,(H,32,37)/t25-,29-,33+,38+;24-,30+,34+;18-,24+,28+/m111/s1. The summed E-state index contributed by atoms with van der Waals surface area (Å²) >= 11 is 0. The summed E-state index contributed by atoms with van der Waals surface area (Å²) in [6, 6.07) is 43.3. The molecular weight excluding hydrogens is 1900 g/mol. The number of hydrogen-bond donors (Lipinski definition) is 9. The lowest BCUT2D eigenvalue weighted by molar-refractivity contribution is -0.146. The monoisotopic (exact) mass is 2030 g/mol. The molecule has 148 heavy (non-hydrogen) atoms. The quantitative estimate of drug-likeness (QED) is 0.00944. The van der Waals surface area contributed by atoms with Gasteiger partial charge in [-0.15, -0.1) is 0 Å². The van der Waals surface area contributed by atoms with Gasteiger partial charge in [0.05, 0.1) is 14.2 Å². The maximum absolute atomic E-state index is 14.3. The highest BCUT2D eigenvalue weighted by atomic mass is 16.7. The number of Topliss-reactive ketones (excluding diaryl/α,β-unsaturated/α-hetero) is 4. The van der Waals surface area contributed by atoms with Crippen LogP contribution in [-0.4, -0.2) is 201 Å². The predicted octanol–water partition coefficient (Wildman–Crippen LogP) is 16.6. The molecule has 6 amide bonds. The Hall–Kier alpha value is -15.8. The minimum absolute atomic E-state index is 0.0137. The number of methoxy groups -OCH3 is 2. The van der Waals surface area contributed by atoms with Crippen molar-refractivity contribution in [1.82, 2.24) is 30.7 Å². The number of esters is 2. The first-order valence-electron chi connectivity index (χ1n) is 48.8. The largest absolute Gasteiger partial charge is 0.514 e. The van der Waals surface area contributed by atoms with Crippen LogP contribution < -0.4 is 31.2 Å². The zero-order valence-electron chi connectivity index (χ0n) is 86.0. The summed E-state index contributed by atoms with van der Waals surface area (Å²) in [5, 5.41) is 60.9. The highest BCUT2D eigenvalue weighted by molar-refractivity contribution is 6.02. The highest BCUT2D eigenvalue weighted by Gasteiger charge is 2.41. The van der Waals surface area contributed by atoms with Gasteiger partial charge in [-0.3, -0.25) is 48.2 Å². The maximum atomic E-state index is 14.3. The van der Waals surface area contributed by atoms with Gasteiger partial charge in [0.15, 0.2) is 23.1 Å². The number of ketones is 4. The summed E-state index contributed by atoms with van der Waals surface area (Å²) in [5.74, 6) is -11.1. The van der Waals surface area contributed by atoms with Crippen molar-refractivity contribution in [2.24, 2.45) is 29.4 Å². The molecule has 0 spiro atoms. The third-order valence-electron chi connectivity index (χ3n) is 25.2. The van der Waals surface area contributed by atoms with Gasteiger partial charge in [0, 0.05) is 129 Å². The van der Waals surface area contributed by atoms with Gasteiger partial charge < -0.3 is 90.0 Å². The molecule has 3 aliphatic rings. The molecule has 0 radical (unpaired) electrons. The summed E-state index contributed by atoms with van der Waals surface area (Å²) in [7, 11) is 6.65. The Balaban J connectivity index is 0.000000229. The molecule has 10 N–H and O–H groups in total. The molecule has 10 atom stereocenters. The number of benzene rings is 9. The van der Waals surface area contributed by atoms with E-state index in [0.29, 0.717) is 33.4 Å². The van der Waals surface area contributed by atoms with E-state index in [1.165, 1.54) is 145 Å². The normalized spacial score (nSPS) is 18.1. The number of unbranched alkanes of at least 4 members (excludes halogenated alkanes) is 3. The van der Waals surface area contributed by atoms with Crippen LogP contribution in [0.1, 0.15) is 211 Å². The van der Waals surface area contributed by atoms with Gasteiger partial charge in [-0.2, -0.15) is 0 Å². The van der Waals surface area contributed by atoms with E-state index in [-0.39, 0.29) is 150 Å². The minimum Gasteiger partial charge on any atom is -0.507 e. The molecule has 9 aromatic carbocycles. The number of carbonyl (C=O) groups excluding carboxylic acids is 14. The molecule has 0 unspecified atom stereocenters. The second-order valence-electron chi connectivity index (χ2n) is 39.2. The molecule has 0 fully saturated rings. The van der Waals surface area contributed by atoms with E-state index in [4.69, 9.17) is 43.6 Å². The van der Waals surface area contributed by atoms with Crippen LogP contribution in [0.5, 0.6) is 34.5 Å². The lowest BCUT2D eigenvalue weighted by atomic mass is 9.88. The fraction of sp³-hybridized carbons (Fsp3) is 0.389. The highest BCUT2D eigenvalue weighted by Crippen LogP contribution is 2.45. The molecule has 3 aliphatic heterocycles. The van der Waals surface area contributed by atoms with Crippen LogP contribution in [-0.2, 0) is 115 Å². The molecule has 786 valence electrons. The number of nitrogens with zero attached hydrogens (tertiary/aromatic N) is 3. The molecule has 35 nitrogen and oxygen atoms in total. The summed E-state index contributed by atoms with van der Waals surface area (Å²) in [6.45, 7) is 18.7. The topological polar surface area (TPSA) is 503 Å². The molecule has 0 aromatic heterocycles. The molecule has 0 aliphatic carbocycles. The van der Waals surface area contributed by atoms with Crippen molar-refractivity contribution in [3.8, 4) is 67.9 Å². The number of carboxylic acid groups (broad SMARTS) is 1. The average molecular weight is 2040 g/mol. The summed E-state index contributed by atoms with van der Waals surface area (Å²) in [6.07, 6.45) is 0.774. The smallest absolute Gasteiger partial charge is 0.507 e. The number of carbonyl (C=O) groups is 15. The second-order valence-corrected chi connectivity index (χ2v) is 39.2. The van der Waals surface area contributed by atoms with E-state index in [0.717, 1.165) is 57.7 Å². The first-order valence-corrected chi connectivity index (χ1v) is 48.8. The number of phenolic OH excluding ortho intramolecular Hbond substituents is 4. The Bertz CT molecular complexity index is 6370. The first kappa shape index (κ1) is 114. The van der Waals surface area contributed by atoms with E-state index < -0.39 is 155 Å². The van der Waals surface area contributed by atoms with Gasteiger partial charge in [0.25, 0.3) is 0 Å². The minimum atomic E-state index is -1.33. The molecule has 12 rings (SSSR count). The number of phenols is 4. The number of aliphatic carboxylic acids is 1. The molecule has 0 saturated heterocycles. The zero-order chi connectivity index (χ0) is 108. The van der Waals surface area contributed by atoms with Crippen molar-refractivity contribution in [3.63, 3.8) is 0 Å². The van der Waals surface area contributed by atoms with Crippen LogP contribution >= 0.6 is 0 Å². The number of carboxylic acids is 1. The number of aromatic hydroxyl groups is 4. The molecule has 0 saturated carbocycles. The first-order chi connectivity index (χ1) is 70.1. The second kappa shape index (κ2) is 51.8. The molecule has 35 heteroatoms. The lowest BCUT2D eigenvalue weighted by Gasteiger charge is -2.32. The van der Waals surface area contributed by atoms with Crippen LogP contribution in [0.3, 0.4) is 0 Å². The molecule has 12 bridgehead atoms. The van der Waals surface area contributed by atoms with Crippen LogP contribution in [0.2, 0.25) is 0 Å².